The molecule has 12 aromatic rings. The molecule has 0 bridgehead atoms. The Kier molecular flexibility index (Phi) is 45.2. The Morgan fingerprint density at radius 2 is 0.486 bits per heavy atom. The molecular formula is C104H116Cl8N12O12S4. The lowest BCUT2D eigenvalue weighted by Crippen LogP contribution is -2.55. The van der Waals surface area contributed by atoms with Crippen LogP contribution in [0.15, 0.2) is 264 Å². The number of amides is 8. The highest BCUT2D eigenvalue weighted by Gasteiger charge is 2.43. The lowest BCUT2D eigenvalue weighted by atomic mass is 10.1. The van der Waals surface area contributed by atoms with Gasteiger partial charge in [0.05, 0.1) is 0 Å². The van der Waals surface area contributed by atoms with Gasteiger partial charge >= 0.3 is 0 Å². The average molecular weight is 2140 g/mol. The maximum absolute atomic E-state index is 13.8. The van der Waals surface area contributed by atoms with E-state index in [-0.39, 0.29) is 145 Å². The van der Waals surface area contributed by atoms with Crippen molar-refractivity contribution >= 4 is 211 Å². The highest BCUT2D eigenvalue weighted by atomic mass is 35.5. The minimum Gasteiger partial charge on any atom is -0.457 e. The number of rotatable bonds is 28. The summed E-state index contributed by atoms with van der Waals surface area (Å²) in [6.07, 6.45) is 0. The van der Waals surface area contributed by atoms with Crippen LogP contribution in [0.5, 0.6) is 46.0 Å². The molecule has 8 aromatic carbocycles. The van der Waals surface area contributed by atoms with E-state index < -0.39 is 24.2 Å². The molecule has 24 nitrogen and oxygen atoms in total. The predicted molar refractivity (Wildman–Crippen MR) is 577 cm³/mol. The van der Waals surface area contributed by atoms with Crippen molar-refractivity contribution in [2.45, 2.75) is 104 Å². The summed E-state index contributed by atoms with van der Waals surface area (Å²) in [6, 6.07) is 72.9. The smallest absolute Gasteiger partial charge is 0.251 e. The number of hydrogen-bond acceptors (Lipinski definition) is 20. The van der Waals surface area contributed by atoms with E-state index in [0.717, 1.165) is 90.9 Å². The molecule has 4 saturated heterocycles. The first-order valence-corrected chi connectivity index (χ1v) is 50.6. The number of nitrogens with one attached hydrogen (secondary N) is 4. The quantitative estimate of drug-likeness (QED) is 0.0333. The first-order valence-electron chi connectivity index (χ1n) is 45.0. The molecule has 4 aromatic heterocycles. The van der Waals surface area contributed by atoms with Gasteiger partial charge in [-0.1, -0.05) is 97.1 Å². The van der Waals surface area contributed by atoms with Crippen LogP contribution in [0, 0.1) is 27.7 Å². The fourth-order valence-electron chi connectivity index (χ4n) is 16.7. The van der Waals surface area contributed by atoms with Crippen LogP contribution in [0.25, 0.3) is 0 Å². The Morgan fingerprint density at radius 3 is 0.643 bits per heavy atom. The van der Waals surface area contributed by atoms with Gasteiger partial charge in [0.2, 0.25) is 23.6 Å². The molecule has 8 heterocycles. The summed E-state index contributed by atoms with van der Waals surface area (Å²) in [4.78, 5) is 125. The third kappa shape index (κ3) is 29.9. The molecule has 0 aliphatic carbocycles. The Balaban J connectivity index is 0.000000207. The van der Waals surface area contributed by atoms with Gasteiger partial charge in [-0.2, -0.15) is 0 Å². The molecule has 0 saturated carbocycles. The van der Waals surface area contributed by atoms with Crippen molar-refractivity contribution in [2.75, 3.05) is 122 Å². The Hall–Kier alpha value is -10.3. The molecule has 140 heavy (non-hydrogen) atoms. The summed E-state index contributed by atoms with van der Waals surface area (Å²) in [5.41, 5.74) is 5.82. The first-order chi connectivity index (χ1) is 65.9. The Labute approximate surface area is 879 Å². The van der Waals surface area contributed by atoms with Crippen LogP contribution in [0.2, 0.25) is 0 Å². The molecule has 0 spiro atoms. The molecule has 4 aliphatic heterocycles. The zero-order valence-corrected chi connectivity index (χ0v) is 88.1. The summed E-state index contributed by atoms with van der Waals surface area (Å²) in [7, 11) is 0. The van der Waals surface area contributed by atoms with Crippen molar-refractivity contribution in [3.8, 4) is 46.0 Å². The summed E-state index contributed by atoms with van der Waals surface area (Å²) in [5, 5.41) is 21.1. The number of alkyl halides is 4. The van der Waals surface area contributed by atoms with Gasteiger partial charge in [0, 0.05) is 145 Å². The van der Waals surface area contributed by atoms with E-state index in [9.17, 15) is 38.4 Å². The molecule has 8 amide bonds. The van der Waals surface area contributed by atoms with Gasteiger partial charge in [0.25, 0.3) is 23.6 Å². The van der Waals surface area contributed by atoms with Gasteiger partial charge in [-0.25, -0.2) is 0 Å². The number of hydrogen-bond donors (Lipinski definition) is 4. The van der Waals surface area contributed by atoms with Gasteiger partial charge in [-0.05, 0) is 245 Å². The monoisotopic (exact) mass is 2130 g/mol. The number of benzene rings is 8. The van der Waals surface area contributed by atoms with Gasteiger partial charge in [-0.15, -0.1) is 141 Å². The van der Waals surface area contributed by atoms with Crippen molar-refractivity contribution in [3.05, 3.63) is 306 Å². The number of carbonyl (C=O) groups excluding carboxylic acids is 8. The number of aryl methyl sites for hydroxylation is 4. The fourth-order valence-corrected chi connectivity index (χ4v) is 20.5. The number of ether oxygens (including phenoxy) is 4. The van der Waals surface area contributed by atoms with E-state index in [2.05, 4.69) is 49.0 Å². The number of para-hydroxylation sites is 4. The van der Waals surface area contributed by atoms with Gasteiger partial charge in [0.15, 0.2) is 0 Å². The average Bonchev–Trinajstić information content (AvgIpc) is 1.28. The fraction of sp³-hybridized carbons (Fsp3) is 0.308. The van der Waals surface area contributed by atoms with E-state index >= 15 is 0 Å². The van der Waals surface area contributed by atoms with E-state index in [1.54, 1.807) is 19.6 Å². The second kappa shape index (κ2) is 55.9. The van der Waals surface area contributed by atoms with Crippen molar-refractivity contribution in [1.29, 1.82) is 0 Å². The molecule has 16 rings (SSSR count). The highest BCUT2D eigenvalue weighted by molar-refractivity contribution is 7.11. The van der Waals surface area contributed by atoms with Gasteiger partial charge in [-0.3, -0.25) is 58.0 Å². The topological polar surface area (TPSA) is 248 Å². The van der Waals surface area contributed by atoms with Crippen LogP contribution >= 0.6 is 141 Å². The van der Waals surface area contributed by atoms with Crippen LogP contribution in [-0.4, -0.2) is 193 Å². The minimum atomic E-state index is -0.781. The normalized spacial score (nSPS) is 16.2. The largest absolute Gasteiger partial charge is 0.457 e. The molecule has 36 heteroatoms. The zero-order valence-electron chi connectivity index (χ0n) is 78.6. The van der Waals surface area contributed by atoms with Crippen LogP contribution in [0.3, 0.4) is 0 Å². The molecule has 8 atom stereocenters. The number of nitrogens with zero attached hydrogens (tertiary/aromatic N) is 8. The molecule has 0 radical (unpaired) electrons. The Morgan fingerprint density at radius 1 is 0.293 bits per heavy atom. The second-order valence-corrected chi connectivity index (χ2v) is 38.3. The van der Waals surface area contributed by atoms with E-state index in [0.29, 0.717) is 98.1 Å². The molecule has 4 N–H and O–H groups in total. The van der Waals surface area contributed by atoms with Crippen LogP contribution < -0.4 is 59.8 Å². The second-order valence-electron chi connectivity index (χ2n) is 33.3. The van der Waals surface area contributed by atoms with Crippen LogP contribution in [0.1, 0.15) is 93.6 Å². The van der Waals surface area contributed by atoms with Crippen molar-refractivity contribution < 1.29 is 57.3 Å². The summed E-state index contributed by atoms with van der Waals surface area (Å²) < 4.78 is 23.8. The third-order valence-corrected chi connectivity index (χ3v) is 27.7. The summed E-state index contributed by atoms with van der Waals surface area (Å²) in [6.45, 7) is 23.5. The molecule has 4 aliphatic rings. The van der Waals surface area contributed by atoms with Gasteiger partial charge in [0.1, 0.15) is 93.7 Å². The molecule has 0 unspecified atom stereocenters. The Bertz CT molecular complexity index is 5230. The maximum Gasteiger partial charge on any atom is 0.251 e. The number of piperazine rings is 4. The zero-order chi connectivity index (χ0) is 96.3. The number of carbonyl (C=O) groups is 8. The SMILES string of the molecule is Cc1cc(Oc2ccccc2)ccc1N(C(=O)CCl)[C@@H](C(=O)N1CCN[C@@H](C)C1)c1cccs1.Cc1cc(Oc2ccccc2)ccc1N(C(=O)CCl)[C@@H](C(=O)N1CCN[C@H](C)C1)c1cccs1.Cc1cc(Oc2ccccc2)ccc1N(C(=O)CCl)[C@H](C(=O)N1CCN[C@@H](C)C1)c1cccs1.Cc1cc(Oc2ccccc2)ccc1N(C(=O)CCl)[C@H](C(=O)N1CCN[C@H](C)C1)c1cccs1.Cl.Cl.Cl.Cl. The minimum absolute atomic E-state index is 0. The van der Waals surface area contributed by atoms with E-state index in [1.807, 2.05) is 311 Å². The molecule has 4 fully saturated rings. The number of halogens is 8. The van der Waals surface area contributed by atoms with Crippen molar-refractivity contribution in [3.63, 3.8) is 0 Å². The summed E-state index contributed by atoms with van der Waals surface area (Å²) >= 11 is 30.1. The van der Waals surface area contributed by atoms with Crippen molar-refractivity contribution in [1.82, 2.24) is 40.9 Å². The predicted octanol–water partition coefficient (Wildman–Crippen LogP) is 21.6. The standard InChI is InChI=1S/4C26H28ClN3O3S.4ClH/c4*1-18-15-21(33-20-7-4-3-5-8-20)10-11-22(18)30(24(31)16-27)25(23-9-6-14-34-23)26(32)29-13-12-28-19(2)17-29;;;;/h4*3-11,14-15,19,25,28H,12-13,16-17H2,1-2H3;4*1H/t2*19-,25+;2*19-,25-;;;;/m1010..../s1. The van der Waals surface area contributed by atoms with Crippen molar-refractivity contribution in [2.24, 2.45) is 0 Å². The number of thiophene rings is 4. The maximum atomic E-state index is 13.8. The lowest BCUT2D eigenvalue weighted by molar-refractivity contribution is -0.135. The van der Waals surface area contributed by atoms with E-state index in [4.69, 9.17) is 65.4 Å². The third-order valence-electron chi connectivity index (χ3n) is 23.1. The number of anilines is 4. The summed E-state index contributed by atoms with van der Waals surface area (Å²) in [5.74, 6) is 2.92. The van der Waals surface area contributed by atoms with Crippen LogP contribution in [-0.2, 0) is 38.4 Å². The van der Waals surface area contributed by atoms with E-state index in [1.165, 1.54) is 45.3 Å². The first kappa shape index (κ1) is 113. The van der Waals surface area contributed by atoms with Crippen LogP contribution in [0.4, 0.5) is 22.7 Å². The van der Waals surface area contributed by atoms with Gasteiger partial charge < -0.3 is 59.8 Å². The highest BCUT2D eigenvalue weighted by Crippen LogP contribution is 2.43. The lowest BCUT2D eigenvalue weighted by Gasteiger charge is -2.38. The molecular weight excluding hydrogens is 2020 g/mol. The molecule has 744 valence electrons.